The topological polar surface area (TPSA) is 74.2 Å². The van der Waals surface area contributed by atoms with Crippen molar-refractivity contribution in [1.82, 2.24) is 0 Å². The number of aliphatic imine (C=N–C) groups is 1. The fraction of sp³-hybridized carbons (Fsp3) is 0.577. The Morgan fingerprint density at radius 1 is 1.06 bits per heavy atom. The number of benzene rings is 1. The lowest BCUT2D eigenvalue weighted by molar-refractivity contribution is -0.151. The highest BCUT2D eigenvalue weighted by molar-refractivity contribution is 6.09. The molecule has 6 heteroatoms. The molecule has 0 spiro atoms. The molecule has 32 heavy (non-hydrogen) atoms. The number of methoxy groups -OCH3 is 2. The number of hydrogen-bond acceptors (Lipinski definition) is 6. The van der Waals surface area contributed by atoms with Gasteiger partial charge in [0.15, 0.2) is 17.3 Å². The van der Waals surface area contributed by atoms with Gasteiger partial charge in [-0.05, 0) is 62.1 Å². The summed E-state index contributed by atoms with van der Waals surface area (Å²) in [7, 11) is 3.17. The second-order valence-electron chi connectivity index (χ2n) is 9.97. The van der Waals surface area contributed by atoms with Gasteiger partial charge in [-0.3, -0.25) is 14.6 Å². The molecule has 0 aromatic heterocycles. The first-order valence-corrected chi connectivity index (χ1v) is 11.5. The van der Waals surface area contributed by atoms with E-state index in [0.717, 1.165) is 36.9 Å². The van der Waals surface area contributed by atoms with Crippen molar-refractivity contribution in [1.29, 1.82) is 0 Å². The third-order valence-electron chi connectivity index (χ3n) is 6.91. The van der Waals surface area contributed by atoms with Crippen LogP contribution in [0.4, 0.5) is 0 Å². The molecule has 0 saturated heterocycles. The Labute approximate surface area is 190 Å². The first-order valence-electron chi connectivity index (χ1n) is 11.5. The molecule has 3 aliphatic rings. The van der Waals surface area contributed by atoms with Crippen LogP contribution in [0.5, 0.6) is 11.5 Å². The normalized spacial score (nSPS) is 25.3. The summed E-state index contributed by atoms with van der Waals surface area (Å²) < 4.78 is 16.8. The summed E-state index contributed by atoms with van der Waals surface area (Å²) in [6.45, 7) is 6.06. The van der Waals surface area contributed by atoms with Gasteiger partial charge in [-0.2, -0.15) is 0 Å². The van der Waals surface area contributed by atoms with Gasteiger partial charge in [-0.25, -0.2) is 0 Å². The van der Waals surface area contributed by atoms with Crippen molar-refractivity contribution < 1.29 is 23.8 Å². The van der Waals surface area contributed by atoms with Gasteiger partial charge in [0.25, 0.3) is 0 Å². The number of nitrogens with zero attached hydrogens (tertiary/aromatic N) is 1. The van der Waals surface area contributed by atoms with Crippen molar-refractivity contribution in [2.45, 2.75) is 71.3 Å². The molecule has 0 N–H and O–H groups in total. The SMILES string of the molecule is COc1ccc([C@H]2C3=C(CC(C)(C)CC3=O)N=C(C)C2C(=O)OC2CCCC2)cc1OC. The van der Waals surface area contributed by atoms with E-state index in [9.17, 15) is 9.59 Å². The molecular weight excluding hydrogens is 406 g/mol. The summed E-state index contributed by atoms with van der Waals surface area (Å²) in [6, 6.07) is 5.61. The fourth-order valence-corrected chi connectivity index (χ4v) is 5.40. The van der Waals surface area contributed by atoms with Crippen molar-refractivity contribution in [3.05, 3.63) is 35.0 Å². The van der Waals surface area contributed by atoms with E-state index < -0.39 is 11.8 Å². The van der Waals surface area contributed by atoms with Crippen LogP contribution in [-0.4, -0.2) is 37.8 Å². The Morgan fingerprint density at radius 2 is 1.75 bits per heavy atom. The van der Waals surface area contributed by atoms with Gasteiger partial charge >= 0.3 is 5.97 Å². The fourth-order valence-electron chi connectivity index (χ4n) is 5.40. The molecule has 1 unspecified atom stereocenters. The molecule has 6 nitrogen and oxygen atoms in total. The lowest BCUT2D eigenvalue weighted by atomic mass is 9.67. The Balaban J connectivity index is 1.81. The summed E-state index contributed by atoms with van der Waals surface area (Å²) in [5.41, 5.74) is 2.84. The van der Waals surface area contributed by atoms with E-state index in [1.807, 2.05) is 25.1 Å². The Bertz CT molecular complexity index is 984. The van der Waals surface area contributed by atoms with Crippen LogP contribution in [0.1, 0.15) is 70.8 Å². The maximum absolute atomic E-state index is 13.4. The summed E-state index contributed by atoms with van der Waals surface area (Å²) >= 11 is 0. The van der Waals surface area contributed by atoms with Crippen LogP contribution in [0.3, 0.4) is 0 Å². The average Bonchev–Trinajstić information content (AvgIpc) is 3.24. The van der Waals surface area contributed by atoms with Gasteiger partial charge in [0.05, 0.1) is 14.2 Å². The molecule has 1 heterocycles. The molecular formula is C26H33NO5. The first-order chi connectivity index (χ1) is 15.2. The van der Waals surface area contributed by atoms with Crippen LogP contribution in [0.2, 0.25) is 0 Å². The minimum absolute atomic E-state index is 0.0438. The average molecular weight is 440 g/mol. The maximum Gasteiger partial charge on any atom is 0.315 e. The summed E-state index contributed by atoms with van der Waals surface area (Å²) in [6.07, 6.45) is 5.06. The van der Waals surface area contributed by atoms with Crippen LogP contribution < -0.4 is 9.47 Å². The number of Topliss-reactive ketones (excluding diaryl/α,β-unsaturated/α-hetero) is 1. The molecule has 0 amide bonds. The molecule has 0 radical (unpaired) electrons. The van der Waals surface area contributed by atoms with Crippen LogP contribution in [0, 0.1) is 11.3 Å². The third-order valence-corrected chi connectivity index (χ3v) is 6.91. The van der Waals surface area contributed by atoms with Crippen LogP contribution in [-0.2, 0) is 14.3 Å². The highest BCUT2D eigenvalue weighted by Crippen LogP contribution is 2.49. The minimum atomic E-state index is -0.627. The van der Waals surface area contributed by atoms with Crippen molar-refractivity contribution in [3.63, 3.8) is 0 Å². The van der Waals surface area contributed by atoms with Crippen molar-refractivity contribution in [2.75, 3.05) is 14.2 Å². The van der Waals surface area contributed by atoms with Gasteiger partial charge in [-0.15, -0.1) is 0 Å². The molecule has 172 valence electrons. The van der Waals surface area contributed by atoms with E-state index in [0.29, 0.717) is 35.6 Å². The smallest absolute Gasteiger partial charge is 0.315 e. The molecule has 1 fully saturated rings. The molecule has 1 aliphatic heterocycles. The molecule has 4 rings (SSSR count). The number of carbonyl (C=O) groups is 2. The van der Waals surface area contributed by atoms with E-state index in [1.54, 1.807) is 14.2 Å². The van der Waals surface area contributed by atoms with E-state index in [2.05, 4.69) is 13.8 Å². The second-order valence-corrected chi connectivity index (χ2v) is 9.97. The molecule has 1 aromatic carbocycles. The number of rotatable bonds is 5. The zero-order valence-corrected chi connectivity index (χ0v) is 19.7. The van der Waals surface area contributed by atoms with E-state index in [4.69, 9.17) is 19.2 Å². The highest BCUT2D eigenvalue weighted by atomic mass is 16.5. The van der Waals surface area contributed by atoms with Gasteiger partial charge in [-0.1, -0.05) is 19.9 Å². The standard InChI is InChI=1S/C26H33NO5/c1-15-22(25(29)32-17-8-6-7-9-17)23(16-10-11-20(30-4)21(12-16)31-5)24-18(27-15)13-26(2,3)14-19(24)28/h10-12,17,22-23H,6-9,13-14H2,1-5H3/t22?,23-/m1/s1. The molecule has 2 aliphatic carbocycles. The summed E-state index contributed by atoms with van der Waals surface area (Å²) in [4.78, 5) is 31.6. The van der Waals surface area contributed by atoms with Gasteiger partial charge in [0.1, 0.15) is 12.0 Å². The van der Waals surface area contributed by atoms with Gasteiger partial charge < -0.3 is 14.2 Å². The van der Waals surface area contributed by atoms with E-state index in [-0.39, 0.29) is 23.3 Å². The predicted octanol–water partition coefficient (Wildman–Crippen LogP) is 5.01. The van der Waals surface area contributed by atoms with Gasteiger partial charge in [0, 0.05) is 29.3 Å². The van der Waals surface area contributed by atoms with Crippen LogP contribution in [0.25, 0.3) is 0 Å². The van der Waals surface area contributed by atoms with Crippen LogP contribution in [0.15, 0.2) is 34.5 Å². The minimum Gasteiger partial charge on any atom is -0.493 e. The zero-order valence-electron chi connectivity index (χ0n) is 19.7. The number of carbonyl (C=O) groups excluding carboxylic acids is 2. The lowest BCUT2D eigenvalue weighted by Crippen LogP contribution is -2.40. The van der Waals surface area contributed by atoms with Gasteiger partial charge in [0.2, 0.25) is 0 Å². The van der Waals surface area contributed by atoms with Crippen molar-refractivity contribution in [2.24, 2.45) is 16.3 Å². The number of allylic oxidation sites excluding steroid dienone is 2. The molecule has 1 aromatic rings. The molecule has 0 bridgehead atoms. The predicted molar refractivity (Wildman–Crippen MR) is 122 cm³/mol. The molecule has 2 atom stereocenters. The second kappa shape index (κ2) is 8.72. The number of ether oxygens (including phenoxy) is 3. The molecule has 1 saturated carbocycles. The summed E-state index contributed by atoms with van der Waals surface area (Å²) in [5.74, 6) is -0.128. The Hall–Kier alpha value is -2.63. The highest BCUT2D eigenvalue weighted by Gasteiger charge is 2.46. The third kappa shape index (κ3) is 4.19. The van der Waals surface area contributed by atoms with Crippen molar-refractivity contribution >= 4 is 17.5 Å². The summed E-state index contributed by atoms with van der Waals surface area (Å²) in [5, 5.41) is 0. The lowest BCUT2D eigenvalue weighted by Gasteiger charge is -2.39. The first kappa shape index (κ1) is 22.6. The van der Waals surface area contributed by atoms with Crippen molar-refractivity contribution in [3.8, 4) is 11.5 Å². The zero-order chi connectivity index (χ0) is 23.0. The number of esters is 1. The quantitative estimate of drug-likeness (QED) is 0.603. The number of hydrogen-bond donors (Lipinski definition) is 0. The Morgan fingerprint density at radius 3 is 2.41 bits per heavy atom. The monoisotopic (exact) mass is 439 g/mol. The van der Waals surface area contributed by atoms with E-state index in [1.165, 1.54) is 0 Å². The largest absolute Gasteiger partial charge is 0.493 e. The van der Waals surface area contributed by atoms with Crippen LogP contribution >= 0.6 is 0 Å². The Kier molecular flexibility index (Phi) is 6.15. The maximum atomic E-state index is 13.4. The number of ketones is 1. The van der Waals surface area contributed by atoms with E-state index >= 15 is 0 Å².